The molecule has 0 aliphatic heterocycles. The highest BCUT2D eigenvalue weighted by atomic mass is 32.2. The molecule has 5 nitrogen and oxygen atoms in total. The van der Waals surface area contributed by atoms with Crippen molar-refractivity contribution in [1.29, 1.82) is 0 Å². The monoisotopic (exact) mass is 201 g/mol. The fourth-order valence-corrected chi connectivity index (χ4v) is 1.06. The lowest BCUT2D eigenvalue weighted by Gasteiger charge is -2.06. The first kappa shape index (κ1) is 9.97. The zero-order valence-corrected chi connectivity index (χ0v) is 7.71. The van der Waals surface area contributed by atoms with Crippen LogP contribution >= 0.6 is 0 Å². The third kappa shape index (κ3) is 3.41. The summed E-state index contributed by atoms with van der Waals surface area (Å²) in [5.41, 5.74) is 8.16. The molecular formula is C7H11N3O2S. The summed E-state index contributed by atoms with van der Waals surface area (Å²) in [6, 6.07) is 8.89. The van der Waals surface area contributed by atoms with Crippen molar-refractivity contribution in [3.05, 3.63) is 30.3 Å². The number of nitrogens with one attached hydrogen (secondary N) is 2. The molecule has 1 rings (SSSR count). The highest BCUT2D eigenvalue weighted by molar-refractivity contribution is 7.89. The van der Waals surface area contributed by atoms with Gasteiger partial charge in [0.25, 0.3) is 0 Å². The van der Waals surface area contributed by atoms with Crippen molar-refractivity contribution in [2.75, 3.05) is 11.3 Å². The molecular weight excluding hydrogens is 190 g/mol. The maximum Gasteiger partial charge on any atom is 0.241 e. The Labute approximate surface area is 77.0 Å². The first-order valence-corrected chi connectivity index (χ1v) is 5.30. The van der Waals surface area contributed by atoms with Gasteiger partial charge in [-0.05, 0) is 12.1 Å². The van der Waals surface area contributed by atoms with Gasteiger partial charge in [-0.15, -0.1) is 4.83 Å². The molecule has 0 saturated carbocycles. The predicted molar refractivity (Wildman–Crippen MR) is 51.2 cm³/mol. The first-order valence-electron chi connectivity index (χ1n) is 3.65. The maximum atomic E-state index is 10.9. The Morgan fingerprint density at radius 1 is 1.23 bits per heavy atom. The molecule has 0 amide bonds. The van der Waals surface area contributed by atoms with Crippen molar-refractivity contribution in [2.24, 2.45) is 5.73 Å². The van der Waals surface area contributed by atoms with Crippen molar-refractivity contribution >= 4 is 15.7 Å². The Bertz CT molecular complexity index is 349. The molecule has 0 unspecified atom stereocenters. The van der Waals surface area contributed by atoms with E-state index >= 15 is 0 Å². The second-order valence-electron chi connectivity index (χ2n) is 2.37. The van der Waals surface area contributed by atoms with Crippen LogP contribution in [0.1, 0.15) is 0 Å². The van der Waals surface area contributed by atoms with Gasteiger partial charge in [0.05, 0.1) is 0 Å². The molecule has 0 atom stereocenters. The SMILES string of the molecule is NCS(=O)(=O)NNc1ccccc1. The number of hydrogen-bond acceptors (Lipinski definition) is 4. The minimum Gasteiger partial charge on any atom is -0.317 e. The Hall–Kier alpha value is -1.11. The number of para-hydroxylation sites is 1. The summed E-state index contributed by atoms with van der Waals surface area (Å²) in [5, 5.41) is 0. The number of anilines is 1. The zero-order chi connectivity index (χ0) is 9.73. The molecule has 1 aromatic rings. The van der Waals surface area contributed by atoms with Gasteiger partial charge in [0.2, 0.25) is 10.0 Å². The normalized spacial score (nSPS) is 11.2. The van der Waals surface area contributed by atoms with Crippen LogP contribution in [0.25, 0.3) is 0 Å². The molecule has 13 heavy (non-hydrogen) atoms. The van der Waals surface area contributed by atoms with Crippen LogP contribution in [0, 0.1) is 0 Å². The van der Waals surface area contributed by atoms with E-state index in [9.17, 15) is 8.42 Å². The summed E-state index contributed by atoms with van der Waals surface area (Å²) in [4.78, 5) is 2.12. The second-order valence-corrected chi connectivity index (χ2v) is 4.14. The average molecular weight is 201 g/mol. The zero-order valence-electron chi connectivity index (χ0n) is 6.90. The van der Waals surface area contributed by atoms with E-state index in [2.05, 4.69) is 10.3 Å². The van der Waals surface area contributed by atoms with Gasteiger partial charge in [0.1, 0.15) is 5.88 Å². The number of nitrogens with two attached hydrogens (primary N) is 1. The van der Waals surface area contributed by atoms with Crippen LogP contribution in [0.15, 0.2) is 30.3 Å². The highest BCUT2D eigenvalue weighted by Crippen LogP contribution is 2.02. The molecule has 0 aromatic heterocycles. The van der Waals surface area contributed by atoms with Crippen LogP contribution in [0.5, 0.6) is 0 Å². The molecule has 0 spiro atoms. The standard InChI is InChI=1S/C7H11N3O2S/c8-6-13(11,12)10-9-7-4-2-1-3-5-7/h1-5,9-10H,6,8H2. The molecule has 0 saturated heterocycles. The minimum atomic E-state index is -3.40. The quantitative estimate of drug-likeness (QED) is 0.591. The van der Waals surface area contributed by atoms with Crippen molar-refractivity contribution in [3.8, 4) is 0 Å². The lowest BCUT2D eigenvalue weighted by atomic mass is 10.3. The van der Waals surface area contributed by atoms with E-state index in [0.29, 0.717) is 5.69 Å². The van der Waals surface area contributed by atoms with Crippen LogP contribution in [0.3, 0.4) is 0 Å². The number of sulfonamides is 1. The largest absolute Gasteiger partial charge is 0.317 e. The molecule has 0 bridgehead atoms. The topological polar surface area (TPSA) is 84.2 Å². The maximum absolute atomic E-state index is 10.9. The number of hydrogen-bond donors (Lipinski definition) is 3. The van der Waals surface area contributed by atoms with E-state index in [1.807, 2.05) is 6.07 Å². The van der Waals surface area contributed by atoms with E-state index < -0.39 is 15.9 Å². The van der Waals surface area contributed by atoms with Gasteiger partial charge in [0, 0.05) is 5.69 Å². The van der Waals surface area contributed by atoms with E-state index in [0.717, 1.165) is 0 Å². The fourth-order valence-electron chi connectivity index (χ4n) is 0.700. The van der Waals surface area contributed by atoms with Crippen molar-refractivity contribution in [3.63, 3.8) is 0 Å². The van der Waals surface area contributed by atoms with Crippen molar-refractivity contribution in [1.82, 2.24) is 4.83 Å². The molecule has 4 N–H and O–H groups in total. The summed E-state index contributed by atoms with van der Waals surface area (Å²) in [7, 11) is -3.40. The van der Waals surface area contributed by atoms with Gasteiger partial charge < -0.3 is 11.2 Å². The van der Waals surface area contributed by atoms with Crippen LogP contribution < -0.4 is 16.0 Å². The Morgan fingerprint density at radius 2 is 1.85 bits per heavy atom. The van der Waals surface area contributed by atoms with Crippen LogP contribution in [-0.4, -0.2) is 14.3 Å². The molecule has 0 fully saturated rings. The van der Waals surface area contributed by atoms with E-state index in [1.54, 1.807) is 24.3 Å². The van der Waals surface area contributed by atoms with Gasteiger partial charge in [-0.25, -0.2) is 8.42 Å². The van der Waals surface area contributed by atoms with Crippen LogP contribution in [0.4, 0.5) is 5.69 Å². The van der Waals surface area contributed by atoms with Crippen LogP contribution in [0.2, 0.25) is 0 Å². The number of rotatable bonds is 4. The van der Waals surface area contributed by atoms with Crippen LogP contribution in [-0.2, 0) is 10.0 Å². The third-order valence-corrected chi connectivity index (χ3v) is 2.20. The van der Waals surface area contributed by atoms with Gasteiger partial charge >= 0.3 is 0 Å². The molecule has 6 heteroatoms. The second kappa shape index (κ2) is 4.22. The summed E-state index contributed by atoms with van der Waals surface area (Å²) >= 11 is 0. The first-order chi connectivity index (χ1) is 6.14. The molecule has 0 aliphatic rings. The lowest BCUT2D eigenvalue weighted by Crippen LogP contribution is -2.34. The smallest absolute Gasteiger partial charge is 0.241 e. The van der Waals surface area contributed by atoms with Gasteiger partial charge in [-0.1, -0.05) is 18.2 Å². The molecule has 0 heterocycles. The fraction of sp³-hybridized carbons (Fsp3) is 0.143. The number of hydrazine groups is 1. The molecule has 1 aromatic carbocycles. The predicted octanol–water partition coefficient (Wildman–Crippen LogP) is -0.151. The van der Waals surface area contributed by atoms with E-state index in [1.165, 1.54) is 0 Å². The highest BCUT2D eigenvalue weighted by Gasteiger charge is 2.04. The Morgan fingerprint density at radius 3 is 2.38 bits per heavy atom. The van der Waals surface area contributed by atoms with Gasteiger partial charge in [-0.3, -0.25) is 0 Å². The molecule has 72 valence electrons. The molecule has 0 aliphatic carbocycles. The summed E-state index contributed by atoms with van der Waals surface area (Å²) in [5.74, 6) is -0.438. The Balaban J connectivity index is 2.54. The summed E-state index contributed by atoms with van der Waals surface area (Å²) in [6.07, 6.45) is 0. The number of benzene rings is 1. The van der Waals surface area contributed by atoms with Crippen molar-refractivity contribution < 1.29 is 8.42 Å². The van der Waals surface area contributed by atoms with E-state index in [-0.39, 0.29) is 0 Å². The van der Waals surface area contributed by atoms with Gasteiger partial charge in [0.15, 0.2) is 0 Å². The van der Waals surface area contributed by atoms with Gasteiger partial charge in [-0.2, -0.15) is 0 Å². The third-order valence-electron chi connectivity index (χ3n) is 1.34. The lowest BCUT2D eigenvalue weighted by molar-refractivity contribution is 0.588. The minimum absolute atomic E-state index is 0.438. The molecule has 0 radical (unpaired) electrons. The average Bonchev–Trinajstić information content (AvgIpc) is 2.17. The summed E-state index contributed by atoms with van der Waals surface area (Å²) in [6.45, 7) is 0. The Kier molecular flexibility index (Phi) is 3.24. The van der Waals surface area contributed by atoms with E-state index in [4.69, 9.17) is 5.73 Å². The summed E-state index contributed by atoms with van der Waals surface area (Å²) < 4.78 is 21.7. The van der Waals surface area contributed by atoms with Crippen molar-refractivity contribution in [2.45, 2.75) is 0 Å².